The Labute approximate surface area is 158 Å². The molecule has 0 aliphatic carbocycles. The number of aromatic carboxylic acids is 2. The minimum absolute atomic E-state index is 0.108. The Hall–Kier alpha value is -2.70. The van der Waals surface area contributed by atoms with Gasteiger partial charge in [0.05, 0.1) is 11.9 Å². The van der Waals surface area contributed by atoms with Crippen molar-refractivity contribution >= 4 is 35.5 Å². The lowest BCUT2D eigenvalue weighted by Crippen LogP contribution is -2.27. The Morgan fingerprint density at radius 2 is 1.19 bits per heavy atom. The molecular weight excluding hydrogens is 368 g/mol. The second-order valence-electron chi connectivity index (χ2n) is 5.22. The van der Waals surface area contributed by atoms with E-state index in [2.05, 4.69) is 0 Å². The predicted molar refractivity (Wildman–Crippen MR) is 96.2 cm³/mol. The summed E-state index contributed by atoms with van der Waals surface area (Å²) in [5.41, 5.74) is -0.315. The van der Waals surface area contributed by atoms with E-state index in [4.69, 9.17) is 0 Å². The maximum Gasteiger partial charge on any atom is 0.0738 e. The maximum absolute atomic E-state index is 11.8. The van der Waals surface area contributed by atoms with Gasteiger partial charge in [-0.3, -0.25) is 0 Å². The second-order valence-corrected chi connectivity index (χ2v) is 7.42. The fourth-order valence-corrected chi connectivity index (χ4v) is 4.45. The third kappa shape index (κ3) is 4.09. The van der Waals surface area contributed by atoms with Crippen molar-refractivity contribution in [3.8, 4) is 0 Å². The van der Waals surface area contributed by atoms with E-state index in [1.807, 2.05) is 36.4 Å². The molecule has 0 spiro atoms. The smallest absolute Gasteiger partial charge is 0.0738 e. The van der Waals surface area contributed by atoms with Crippen LogP contribution in [0.4, 0.5) is 0 Å². The molecule has 6 heteroatoms. The first kappa shape index (κ1) is 18.1. The van der Waals surface area contributed by atoms with Crippen LogP contribution in [0.15, 0.2) is 92.4 Å². The number of carboxylic acids is 2. The van der Waals surface area contributed by atoms with Gasteiger partial charge in [-0.05, 0) is 30.3 Å². The van der Waals surface area contributed by atoms with Crippen LogP contribution in [0, 0.1) is 0 Å². The molecule has 0 amide bonds. The topological polar surface area (TPSA) is 80.3 Å². The minimum Gasteiger partial charge on any atom is -0.545 e. The van der Waals surface area contributed by atoms with Crippen molar-refractivity contribution in [2.24, 2.45) is 0 Å². The van der Waals surface area contributed by atoms with Gasteiger partial charge >= 0.3 is 0 Å². The molecule has 0 aromatic heterocycles. The van der Waals surface area contributed by atoms with Gasteiger partial charge in [-0.15, -0.1) is 0 Å². The fraction of sp³-hybridized carbons (Fsp3) is 0. The third-order valence-electron chi connectivity index (χ3n) is 3.48. The van der Waals surface area contributed by atoms with E-state index in [0.29, 0.717) is 4.90 Å². The minimum atomic E-state index is -1.43. The summed E-state index contributed by atoms with van der Waals surface area (Å²) in [6.07, 6.45) is 0. The number of carbonyl (C=O) groups is 2. The van der Waals surface area contributed by atoms with E-state index < -0.39 is 11.9 Å². The lowest BCUT2D eigenvalue weighted by atomic mass is 10.1. The van der Waals surface area contributed by atoms with Gasteiger partial charge in [-0.2, -0.15) is 0 Å². The summed E-state index contributed by atoms with van der Waals surface area (Å²) in [5, 5.41) is 23.4. The number of rotatable bonds is 6. The molecule has 0 radical (unpaired) electrons. The van der Waals surface area contributed by atoms with Crippen molar-refractivity contribution < 1.29 is 19.8 Å². The highest BCUT2D eigenvalue weighted by Crippen LogP contribution is 2.39. The number of hydrogen-bond donors (Lipinski definition) is 0. The summed E-state index contributed by atoms with van der Waals surface area (Å²) >= 11 is 2.31. The van der Waals surface area contributed by atoms with Crippen molar-refractivity contribution in [2.75, 3.05) is 0 Å². The van der Waals surface area contributed by atoms with Gasteiger partial charge in [0.25, 0.3) is 0 Å². The van der Waals surface area contributed by atoms with Crippen molar-refractivity contribution in [3.05, 3.63) is 83.9 Å². The summed E-state index contributed by atoms with van der Waals surface area (Å²) in [6.45, 7) is 0. The van der Waals surface area contributed by atoms with Gasteiger partial charge in [0, 0.05) is 30.7 Å². The molecule has 130 valence electrons. The van der Waals surface area contributed by atoms with E-state index in [-0.39, 0.29) is 16.0 Å². The molecule has 26 heavy (non-hydrogen) atoms. The maximum atomic E-state index is 11.8. The first-order valence-corrected chi connectivity index (χ1v) is 9.25. The van der Waals surface area contributed by atoms with Gasteiger partial charge in [-0.1, -0.05) is 66.0 Å². The molecule has 3 aromatic rings. The van der Waals surface area contributed by atoms with Gasteiger partial charge < -0.3 is 19.8 Å². The fourth-order valence-electron chi connectivity index (χ4n) is 2.33. The van der Waals surface area contributed by atoms with Crippen molar-refractivity contribution in [1.29, 1.82) is 0 Å². The third-order valence-corrected chi connectivity index (χ3v) is 5.68. The van der Waals surface area contributed by atoms with Crippen LogP contribution in [-0.2, 0) is 0 Å². The largest absolute Gasteiger partial charge is 0.545 e. The highest BCUT2D eigenvalue weighted by Gasteiger charge is 2.17. The van der Waals surface area contributed by atoms with Gasteiger partial charge in [-0.25, -0.2) is 0 Å². The highest BCUT2D eigenvalue weighted by molar-refractivity contribution is 8.00. The van der Waals surface area contributed by atoms with Crippen LogP contribution in [0.2, 0.25) is 0 Å². The Balaban J connectivity index is 2.13. The quantitative estimate of drug-likeness (QED) is 0.654. The Morgan fingerprint density at radius 1 is 0.654 bits per heavy atom. The normalized spacial score (nSPS) is 10.5. The lowest BCUT2D eigenvalue weighted by Gasteiger charge is -2.19. The average Bonchev–Trinajstić information content (AvgIpc) is 2.63. The van der Waals surface area contributed by atoms with Gasteiger partial charge in [0.15, 0.2) is 0 Å². The number of hydrogen-bond acceptors (Lipinski definition) is 6. The molecule has 0 unspecified atom stereocenters. The molecule has 0 fully saturated rings. The van der Waals surface area contributed by atoms with Crippen molar-refractivity contribution in [2.45, 2.75) is 19.6 Å². The van der Waals surface area contributed by atoms with Crippen LogP contribution in [0.5, 0.6) is 0 Å². The molecule has 0 saturated heterocycles. The van der Waals surface area contributed by atoms with E-state index >= 15 is 0 Å². The van der Waals surface area contributed by atoms with E-state index in [9.17, 15) is 19.8 Å². The molecule has 0 N–H and O–H groups in total. The van der Waals surface area contributed by atoms with E-state index in [1.54, 1.807) is 24.3 Å². The average molecular weight is 380 g/mol. The molecule has 0 aliphatic rings. The Morgan fingerprint density at radius 3 is 1.69 bits per heavy atom. The van der Waals surface area contributed by atoms with Crippen LogP contribution in [-0.4, -0.2) is 11.9 Å². The molecule has 3 rings (SSSR count). The number of carboxylic acid groups (broad SMARTS) is 2. The SMILES string of the molecule is O=C([O-])c1ccc(Sc2ccccc2)c(C(=O)[O-])c1Sc1ccccc1. The van der Waals surface area contributed by atoms with Crippen LogP contribution in [0.1, 0.15) is 20.7 Å². The van der Waals surface area contributed by atoms with Crippen LogP contribution in [0.25, 0.3) is 0 Å². The molecule has 0 bridgehead atoms. The number of carbonyl (C=O) groups excluding carboxylic acids is 2. The Bertz CT molecular complexity index is 941. The summed E-state index contributed by atoms with van der Waals surface area (Å²) in [7, 11) is 0. The zero-order valence-electron chi connectivity index (χ0n) is 13.4. The molecular formula is C20H12O4S2-2. The first-order chi connectivity index (χ1) is 12.6. The molecule has 0 saturated carbocycles. The highest BCUT2D eigenvalue weighted by atomic mass is 32.2. The monoisotopic (exact) mass is 380 g/mol. The summed E-state index contributed by atoms with van der Waals surface area (Å²) in [6, 6.07) is 21.1. The second kappa shape index (κ2) is 8.12. The van der Waals surface area contributed by atoms with Crippen molar-refractivity contribution in [1.82, 2.24) is 0 Å². The van der Waals surface area contributed by atoms with Crippen LogP contribution < -0.4 is 10.2 Å². The van der Waals surface area contributed by atoms with Crippen molar-refractivity contribution in [3.63, 3.8) is 0 Å². The van der Waals surface area contributed by atoms with Crippen LogP contribution in [0.3, 0.4) is 0 Å². The first-order valence-electron chi connectivity index (χ1n) is 7.62. The molecule has 0 aliphatic heterocycles. The molecule has 3 aromatic carbocycles. The van der Waals surface area contributed by atoms with Gasteiger partial charge in [0.2, 0.25) is 0 Å². The standard InChI is InChI=1S/C20H14O4S2/c21-19(22)15-11-12-16(25-13-7-3-1-4-8-13)17(20(23)24)18(15)26-14-9-5-2-6-10-14/h1-12H,(H,21,22)(H,23,24)/p-2. The summed E-state index contributed by atoms with van der Waals surface area (Å²) in [4.78, 5) is 25.4. The summed E-state index contributed by atoms with van der Waals surface area (Å²) < 4.78 is 0. The van der Waals surface area contributed by atoms with E-state index in [1.165, 1.54) is 23.9 Å². The zero-order chi connectivity index (χ0) is 18.5. The molecule has 0 heterocycles. The zero-order valence-corrected chi connectivity index (χ0v) is 15.0. The predicted octanol–water partition coefficient (Wildman–Crippen LogP) is 2.72. The summed E-state index contributed by atoms with van der Waals surface area (Å²) in [5.74, 6) is -2.85. The van der Waals surface area contributed by atoms with Crippen LogP contribution >= 0.6 is 23.5 Å². The van der Waals surface area contributed by atoms with E-state index in [0.717, 1.165) is 21.6 Å². The lowest BCUT2D eigenvalue weighted by molar-refractivity contribution is -0.255. The molecule has 0 atom stereocenters. The Kier molecular flexibility index (Phi) is 5.65. The van der Waals surface area contributed by atoms with Gasteiger partial charge in [0.1, 0.15) is 0 Å². The number of benzene rings is 3. The molecule has 4 nitrogen and oxygen atoms in total.